The highest BCUT2D eigenvalue weighted by Gasteiger charge is 2.62. The summed E-state index contributed by atoms with van der Waals surface area (Å²) in [5.74, 6) is 5.41. The van der Waals surface area contributed by atoms with Gasteiger partial charge >= 0.3 is 11.9 Å². The van der Waals surface area contributed by atoms with Crippen LogP contribution < -0.4 is 10.6 Å². The van der Waals surface area contributed by atoms with Crippen LogP contribution in [0.3, 0.4) is 0 Å². The molecule has 14 heteroatoms. The molecule has 0 radical (unpaired) electrons. The van der Waals surface area contributed by atoms with Gasteiger partial charge in [0, 0.05) is 25.9 Å². The molecule has 448 valence electrons. The number of hydrogen-bond donors (Lipinski definition) is 4. The predicted molar refractivity (Wildman–Crippen MR) is 306 cm³/mol. The highest BCUT2D eigenvalue weighted by Crippen LogP contribution is 2.70. The Bertz CT molecular complexity index is 1980. The van der Waals surface area contributed by atoms with Crippen LogP contribution in [0.25, 0.3) is 0 Å². The maximum atomic E-state index is 14.3. The van der Waals surface area contributed by atoms with E-state index < -0.39 is 23.8 Å². The number of nitrogens with one attached hydrogen (secondary N) is 2. The SMILES string of the molecule is CCOC(=O)CNC(=O)CN(CCCCCN(CC(=O)NCC(=O)OCC)C(=O)CCC(C)[C@@H]1CC[C@H]2[C@@H]3CC[C@@H]4C[C@H](O)CC[C@]4(C)[C@H]3CC[C@]12C)C(=O)CCC(C)[C@@H]1CC[C@H]2[C@@H]3CC[C@@H]4C[C@H](O)CC[C@]4(C)[C@H]3CC[C@]12C. The van der Waals surface area contributed by atoms with Gasteiger partial charge < -0.3 is 40.1 Å². The van der Waals surface area contributed by atoms with Crippen LogP contribution in [0.4, 0.5) is 0 Å². The molecule has 8 rings (SSSR count). The smallest absolute Gasteiger partial charge is 0.325 e. The Morgan fingerprint density at radius 1 is 0.506 bits per heavy atom. The molecule has 0 heterocycles. The molecular weight excluding hydrogens is 997 g/mol. The van der Waals surface area contributed by atoms with E-state index in [0.29, 0.717) is 103 Å². The third kappa shape index (κ3) is 13.6. The normalized spacial score (nSPS) is 38.0. The first-order valence-corrected chi connectivity index (χ1v) is 32.4. The highest BCUT2D eigenvalue weighted by atomic mass is 16.5. The maximum Gasteiger partial charge on any atom is 0.325 e. The van der Waals surface area contributed by atoms with Gasteiger partial charge in [-0.05, 0) is 254 Å². The van der Waals surface area contributed by atoms with E-state index in [1.165, 1.54) is 77.0 Å². The number of carbonyl (C=O) groups excluding carboxylic acids is 6. The van der Waals surface area contributed by atoms with Crippen molar-refractivity contribution >= 4 is 35.6 Å². The van der Waals surface area contributed by atoms with Gasteiger partial charge in [-0.3, -0.25) is 28.8 Å². The average molecular weight is 1110 g/mol. The number of amides is 4. The van der Waals surface area contributed by atoms with Crippen molar-refractivity contribution in [1.82, 2.24) is 20.4 Å². The molecule has 18 atom stereocenters. The molecule has 8 aliphatic carbocycles. The number of rotatable bonds is 24. The van der Waals surface area contributed by atoms with Crippen LogP contribution in [0.2, 0.25) is 0 Å². The summed E-state index contributed by atoms with van der Waals surface area (Å²) in [5.41, 5.74) is 1.17. The second kappa shape index (κ2) is 26.5. The van der Waals surface area contributed by atoms with E-state index in [4.69, 9.17) is 9.47 Å². The Balaban J connectivity index is 0.848. The van der Waals surface area contributed by atoms with Gasteiger partial charge in [-0.1, -0.05) is 41.5 Å². The fourth-order valence-corrected chi connectivity index (χ4v) is 20.4. The summed E-state index contributed by atoms with van der Waals surface area (Å²) in [6.45, 7) is 18.6. The number of aliphatic hydroxyl groups is 2. The molecular formula is C65H108N4O10. The summed E-state index contributed by atoms with van der Waals surface area (Å²) in [6, 6.07) is 0. The van der Waals surface area contributed by atoms with Crippen LogP contribution in [0.1, 0.15) is 216 Å². The largest absolute Gasteiger partial charge is 0.465 e. The number of hydrogen-bond acceptors (Lipinski definition) is 10. The van der Waals surface area contributed by atoms with Gasteiger partial charge in [0.2, 0.25) is 23.6 Å². The lowest BCUT2D eigenvalue weighted by atomic mass is 9.44. The quantitative estimate of drug-likeness (QED) is 0.0534. The van der Waals surface area contributed by atoms with Crippen LogP contribution in [0.15, 0.2) is 0 Å². The van der Waals surface area contributed by atoms with Gasteiger partial charge in [-0.25, -0.2) is 0 Å². The number of ether oxygens (including phenoxy) is 2. The first kappa shape index (κ1) is 61.8. The second-order valence-electron chi connectivity index (χ2n) is 28.5. The van der Waals surface area contributed by atoms with E-state index >= 15 is 0 Å². The van der Waals surface area contributed by atoms with Crippen LogP contribution in [0, 0.1) is 92.7 Å². The molecule has 8 saturated carbocycles. The van der Waals surface area contributed by atoms with E-state index in [0.717, 1.165) is 75.0 Å². The summed E-state index contributed by atoms with van der Waals surface area (Å²) in [6.07, 6.45) is 24.8. The first-order valence-electron chi connectivity index (χ1n) is 32.4. The fourth-order valence-electron chi connectivity index (χ4n) is 20.4. The Kier molecular flexibility index (Phi) is 20.8. The number of esters is 2. The summed E-state index contributed by atoms with van der Waals surface area (Å²) in [7, 11) is 0. The lowest BCUT2D eigenvalue weighted by Crippen LogP contribution is -2.54. The van der Waals surface area contributed by atoms with Crippen molar-refractivity contribution in [2.45, 2.75) is 228 Å². The third-order valence-electron chi connectivity index (χ3n) is 24.6. The Morgan fingerprint density at radius 3 is 1.28 bits per heavy atom. The van der Waals surface area contributed by atoms with Crippen LogP contribution in [-0.2, 0) is 38.2 Å². The predicted octanol–water partition coefficient (Wildman–Crippen LogP) is 10.0. The molecule has 8 aliphatic rings. The van der Waals surface area contributed by atoms with Gasteiger partial charge in [-0.2, -0.15) is 0 Å². The minimum absolute atomic E-state index is 0.0708. The number of carbonyl (C=O) groups is 6. The van der Waals surface area contributed by atoms with E-state index in [9.17, 15) is 39.0 Å². The molecule has 0 aromatic rings. The van der Waals surface area contributed by atoms with E-state index in [2.05, 4.69) is 52.2 Å². The minimum Gasteiger partial charge on any atom is -0.465 e. The van der Waals surface area contributed by atoms with Crippen LogP contribution in [0.5, 0.6) is 0 Å². The summed E-state index contributed by atoms with van der Waals surface area (Å²) in [4.78, 5) is 82.7. The molecule has 8 fully saturated rings. The highest BCUT2D eigenvalue weighted by molar-refractivity contribution is 5.88. The summed E-state index contributed by atoms with van der Waals surface area (Å²) < 4.78 is 10.1. The molecule has 79 heavy (non-hydrogen) atoms. The number of unbranched alkanes of at least 4 members (excludes halogenated alkanes) is 2. The van der Waals surface area contributed by atoms with Crippen molar-refractivity contribution < 1.29 is 48.5 Å². The van der Waals surface area contributed by atoms with Gasteiger partial charge in [0.05, 0.1) is 38.5 Å². The van der Waals surface area contributed by atoms with Crippen molar-refractivity contribution in [3.63, 3.8) is 0 Å². The molecule has 0 aromatic carbocycles. The van der Waals surface area contributed by atoms with Crippen molar-refractivity contribution in [3.05, 3.63) is 0 Å². The molecule has 4 N–H and O–H groups in total. The molecule has 0 spiro atoms. The monoisotopic (exact) mass is 1100 g/mol. The minimum atomic E-state index is -0.527. The zero-order valence-corrected chi connectivity index (χ0v) is 50.5. The van der Waals surface area contributed by atoms with Crippen molar-refractivity contribution in [3.8, 4) is 0 Å². The maximum absolute atomic E-state index is 14.3. The zero-order chi connectivity index (χ0) is 56.9. The summed E-state index contributed by atoms with van der Waals surface area (Å²) in [5, 5.41) is 26.4. The third-order valence-corrected chi connectivity index (χ3v) is 24.6. The molecule has 0 aromatic heterocycles. The van der Waals surface area contributed by atoms with Crippen LogP contribution >= 0.6 is 0 Å². The molecule has 0 aliphatic heterocycles. The second-order valence-corrected chi connectivity index (χ2v) is 28.5. The Morgan fingerprint density at radius 2 is 0.886 bits per heavy atom. The topological polar surface area (TPSA) is 192 Å². The van der Waals surface area contributed by atoms with Crippen molar-refractivity contribution in [2.75, 3.05) is 52.5 Å². The molecule has 14 nitrogen and oxygen atoms in total. The van der Waals surface area contributed by atoms with Crippen LogP contribution in [-0.4, -0.2) is 120 Å². The van der Waals surface area contributed by atoms with Gasteiger partial charge in [0.1, 0.15) is 13.1 Å². The van der Waals surface area contributed by atoms with E-state index in [1.54, 1.807) is 23.6 Å². The molecule has 0 saturated heterocycles. The van der Waals surface area contributed by atoms with E-state index in [1.807, 2.05) is 0 Å². The standard InChI is InChI=1S/C65H108N4O10/c1-9-78-60(76)38-66-56(72)40-68(58(74)24-14-42(3)50-20-22-52-48-18-16-44-36-46(70)26-30-62(44,5)54(48)28-32-64(50,52)7)34-12-11-13-35-69(41-57(73)67-39-61(77)79-10-2)59(75)25-15-43(4)51-21-23-53-49-19-17-45-37-47(71)27-31-63(45,6)55(49)29-33-65(51,53)8/h42-55,70-71H,9-41H2,1-8H3,(H,66,72)(H,67,73)/t42?,43?,44-,45-,46-,47-,48+,49+,50+,51+,52+,53+,54+,55+,62+,63+,64-,65-/m1/s1. The lowest BCUT2D eigenvalue weighted by Gasteiger charge is -2.61. The fraction of sp³-hybridized carbons (Fsp3) is 0.908. The van der Waals surface area contributed by atoms with Gasteiger partial charge in [0.15, 0.2) is 0 Å². The number of aliphatic hydroxyl groups excluding tert-OH is 2. The number of fused-ring (bicyclic) bond motifs is 10. The summed E-state index contributed by atoms with van der Waals surface area (Å²) >= 11 is 0. The molecule has 0 bridgehead atoms. The first-order chi connectivity index (χ1) is 37.6. The molecule has 4 amide bonds. The number of nitrogens with zero attached hydrogens (tertiary/aromatic N) is 2. The Hall–Kier alpha value is -3.26. The zero-order valence-electron chi connectivity index (χ0n) is 50.5. The average Bonchev–Trinajstić information content (AvgIpc) is 4.09. The van der Waals surface area contributed by atoms with Gasteiger partial charge in [-0.15, -0.1) is 0 Å². The lowest BCUT2D eigenvalue weighted by molar-refractivity contribution is -0.144. The van der Waals surface area contributed by atoms with E-state index in [-0.39, 0.29) is 74.2 Å². The van der Waals surface area contributed by atoms with Crippen molar-refractivity contribution in [1.29, 1.82) is 0 Å². The van der Waals surface area contributed by atoms with Gasteiger partial charge in [0.25, 0.3) is 0 Å². The molecule has 2 unspecified atom stereocenters. The Labute approximate surface area is 475 Å². The van der Waals surface area contributed by atoms with Crippen molar-refractivity contribution in [2.24, 2.45) is 92.7 Å².